The van der Waals surface area contributed by atoms with Crippen LogP contribution >= 0.6 is 0 Å². The second kappa shape index (κ2) is 6.36. The lowest BCUT2D eigenvalue weighted by Crippen LogP contribution is -2.26. The molecule has 1 aromatic rings. The van der Waals surface area contributed by atoms with Gasteiger partial charge in [-0.2, -0.15) is 0 Å². The van der Waals surface area contributed by atoms with Gasteiger partial charge in [0.15, 0.2) is 0 Å². The van der Waals surface area contributed by atoms with Crippen molar-refractivity contribution in [2.75, 3.05) is 5.32 Å². The van der Waals surface area contributed by atoms with E-state index in [1.807, 2.05) is 13.8 Å². The van der Waals surface area contributed by atoms with E-state index in [1.165, 1.54) is 19.3 Å². The molecule has 21 heavy (non-hydrogen) atoms. The summed E-state index contributed by atoms with van der Waals surface area (Å²) in [6.45, 7) is 6.19. The maximum atomic E-state index is 11.6. The Labute approximate surface area is 128 Å². The van der Waals surface area contributed by atoms with E-state index in [1.54, 1.807) is 12.1 Å². The average molecular weight is 310 g/mol. The van der Waals surface area contributed by atoms with Gasteiger partial charge in [0.1, 0.15) is 0 Å². The van der Waals surface area contributed by atoms with Crippen molar-refractivity contribution in [2.45, 2.75) is 63.8 Å². The summed E-state index contributed by atoms with van der Waals surface area (Å²) in [5.74, 6) is 0.849. The van der Waals surface area contributed by atoms with Crippen LogP contribution in [0.4, 0.5) is 5.69 Å². The summed E-state index contributed by atoms with van der Waals surface area (Å²) < 4.78 is 23.1. The molecule has 0 aromatic heterocycles. The van der Waals surface area contributed by atoms with E-state index in [4.69, 9.17) is 5.14 Å². The van der Waals surface area contributed by atoms with Gasteiger partial charge in [0.2, 0.25) is 10.0 Å². The van der Waals surface area contributed by atoms with Gasteiger partial charge in [-0.3, -0.25) is 0 Å². The van der Waals surface area contributed by atoms with Crippen LogP contribution in [0.25, 0.3) is 0 Å². The largest absolute Gasteiger partial charge is 0.382 e. The fraction of sp³-hybridized carbons (Fsp3) is 0.625. The molecule has 0 saturated heterocycles. The molecular weight excluding hydrogens is 284 g/mol. The molecule has 0 aliphatic heterocycles. The Morgan fingerprint density at radius 1 is 1.19 bits per heavy atom. The number of nitrogens with two attached hydrogens (primary N) is 1. The molecule has 1 aliphatic rings. The van der Waals surface area contributed by atoms with Gasteiger partial charge in [-0.1, -0.05) is 13.3 Å². The lowest BCUT2D eigenvalue weighted by atomic mass is 9.84. The Bertz CT molecular complexity index is 603. The quantitative estimate of drug-likeness (QED) is 0.896. The van der Waals surface area contributed by atoms with Crippen LogP contribution in [0.1, 0.15) is 50.2 Å². The second-order valence-corrected chi connectivity index (χ2v) is 7.79. The first-order valence-corrected chi connectivity index (χ1v) is 9.26. The Morgan fingerprint density at radius 3 is 2.33 bits per heavy atom. The minimum atomic E-state index is -3.66. The third-order valence-electron chi connectivity index (χ3n) is 4.75. The van der Waals surface area contributed by atoms with Gasteiger partial charge >= 0.3 is 0 Å². The fourth-order valence-corrected chi connectivity index (χ4v) is 3.70. The first kappa shape index (κ1) is 16.3. The number of benzene rings is 1. The summed E-state index contributed by atoms with van der Waals surface area (Å²) in [5.41, 5.74) is 2.95. The number of hydrogen-bond acceptors (Lipinski definition) is 3. The van der Waals surface area contributed by atoms with Crippen molar-refractivity contribution in [3.8, 4) is 0 Å². The van der Waals surface area contributed by atoms with E-state index in [0.717, 1.165) is 35.6 Å². The molecule has 1 aromatic carbocycles. The van der Waals surface area contributed by atoms with Gasteiger partial charge in [0.05, 0.1) is 4.90 Å². The van der Waals surface area contributed by atoms with Gasteiger partial charge < -0.3 is 5.32 Å². The SMILES string of the molecule is CCC1CCC(Nc2cc(S(N)(=O)=O)cc(C)c2C)CC1. The minimum Gasteiger partial charge on any atom is -0.382 e. The van der Waals surface area contributed by atoms with E-state index in [0.29, 0.717) is 6.04 Å². The van der Waals surface area contributed by atoms with E-state index in [-0.39, 0.29) is 4.90 Å². The molecule has 1 saturated carbocycles. The van der Waals surface area contributed by atoms with Crippen LogP contribution in [0, 0.1) is 19.8 Å². The zero-order chi connectivity index (χ0) is 15.6. The van der Waals surface area contributed by atoms with Gasteiger partial charge in [-0.25, -0.2) is 13.6 Å². The standard InChI is InChI=1S/C16H26N2O2S/c1-4-13-5-7-14(8-6-13)18-16-10-15(21(17,19)20)9-11(2)12(16)3/h9-10,13-14,18H,4-8H2,1-3H3,(H2,17,19,20). The van der Waals surface area contributed by atoms with Crippen LogP contribution in [0.5, 0.6) is 0 Å². The van der Waals surface area contributed by atoms with Crippen molar-refractivity contribution in [1.82, 2.24) is 0 Å². The van der Waals surface area contributed by atoms with Crippen LogP contribution in [0.3, 0.4) is 0 Å². The third kappa shape index (κ3) is 3.98. The van der Waals surface area contributed by atoms with Crippen molar-refractivity contribution >= 4 is 15.7 Å². The van der Waals surface area contributed by atoms with Crippen LogP contribution in [-0.2, 0) is 10.0 Å². The molecule has 1 fully saturated rings. The monoisotopic (exact) mass is 310 g/mol. The average Bonchev–Trinajstić information content (AvgIpc) is 2.43. The minimum absolute atomic E-state index is 0.190. The summed E-state index contributed by atoms with van der Waals surface area (Å²) in [7, 11) is -3.66. The van der Waals surface area contributed by atoms with Gasteiger partial charge in [-0.15, -0.1) is 0 Å². The van der Waals surface area contributed by atoms with Crippen LogP contribution in [-0.4, -0.2) is 14.5 Å². The Hall–Kier alpha value is -1.07. The molecule has 0 unspecified atom stereocenters. The molecule has 0 radical (unpaired) electrons. The first-order valence-electron chi connectivity index (χ1n) is 7.71. The number of hydrogen-bond donors (Lipinski definition) is 2. The lowest BCUT2D eigenvalue weighted by Gasteiger charge is -2.30. The molecule has 0 atom stereocenters. The molecule has 2 rings (SSSR count). The van der Waals surface area contributed by atoms with E-state index in [9.17, 15) is 8.42 Å². The highest BCUT2D eigenvalue weighted by Crippen LogP contribution is 2.30. The number of sulfonamides is 1. The van der Waals surface area contributed by atoms with E-state index >= 15 is 0 Å². The molecule has 5 heteroatoms. The first-order chi connectivity index (χ1) is 9.81. The van der Waals surface area contributed by atoms with Crippen LogP contribution < -0.4 is 10.5 Å². The van der Waals surface area contributed by atoms with Crippen molar-refractivity contribution in [3.05, 3.63) is 23.3 Å². The molecule has 3 N–H and O–H groups in total. The Balaban J connectivity index is 2.18. The molecule has 118 valence electrons. The maximum absolute atomic E-state index is 11.6. The zero-order valence-corrected chi connectivity index (χ0v) is 14.0. The summed E-state index contributed by atoms with van der Waals surface area (Å²) >= 11 is 0. The predicted molar refractivity (Wildman–Crippen MR) is 86.9 cm³/mol. The topological polar surface area (TPSA) is 72.2 Å². The van der Waals surface area contributed by atoms with E-state index < -0.39 is 10.0 Å². The van der Waals surface area contributed by atoms with Crippen molar-refractivity contribution in [2.24, 2.45) is 11.1 Å². The molecule has 4 nitrogen and oxygen atoms in total. The lowest BCUT2D eigenvalue weighted by molar-refractivity contribution is 0.330. The number of nitrogens with one attached hydrogen (secondary N) is 1. The Kier molecular flexibility index (Phi) is 4.94. The molecule has 0 bridgehead atoms. The van der Waals surface area contributed by atoms with E-state index in [2.05, 4.69) is 12.2 Å². The highest BCUT2D eigenvalue weighted by molar-refractivity contribution is 7.89. The smallest absolute Gasteiger partial charge is 0.238 e. The number of rotatable bonds is 4. The van der Waals surface area contributed by atoms with Crippen molar-refractivity contribution in [1.29, 1.82) is 0 Å². The summed E-state index contributed by atoms with van der Waals surface area (Å²) in [6.07, 6.45) is 6.06. The summed E-state index contributed by atoms with van der Waals surface area (Å²) in [5, 5.41) is 8.79. The highest BCUT2D eigenvalue weighted by Gasteiger charge is 2.21. The van der Waals surface area contributed by atoms with Crippen LogP contribution in [0.2, 0.25) is 0 Å². The third-order valence-corrected chi connectivity index (χ3v) is 5.65. The predicted octanol–water partition coefficient (Wildman–Crippen LogP) is 3.33. The molecule has 0 amide bonds. The van der Waals surface area contributed by atoms with Crippen molar-refractivity contribution in [3.63, 3.8) is 0 Å². The normalized spacial score (nSPS) is 23.0. The Morgan fingerprint density at radius 2 is 1.81 bits per heavy atom. The van der Waals surface area contributed by atoms with Gasteiger partial charge in [0, 0.05) is 11.7 Å². The maximum Gasteiger partial charge on any atom is 0.238 e. The van der Waals surface area contributed by atoms with Crippen LogP contribution in [0.15, 0.2) is 17.0 Å². The van der Waals surface area contributed by atoms with Gasteiger partial charge in [-0.05, 0) is 68.7 Å². The number of aryl methyl sites for hydroxylation is 1. The van der Waals surface area contributed by atoms with Crippen molar-refractivity contribution < 1.29 is 8.42 Å². The number of anilines is 1. The second-order valence-electron chi connectivity index (χ2n) is 6.23. The fourth-order valence-electron chi connectivity index (χ4n) is 3.08. The molecular formula is C16H26N2O2S. The molecule has 0 heterocycles. The highest BCUT2D eigenvalue weighted by atomic mass is 32.2. The molecule has 0 spiro atoms. The zero-order valence-electron chi connectivity index (χ0n) is 13.1. The summed E-state index contributed by atoms with van der Waals surface area (Å²) in [6, 6.07) is 3.74. The summed E-state index contributed by atoms with van der Waals surface area (Å²) in [4.78, 5) is 0.190. The number of primary sulfonamides is 1. The molecule has 1 aliphatic carbocycles. The van der Waals surface area contributed by atoms with Gasteiger partial charge in [0.25, 0.3) is 0 Å².